The van der Waals surface area contributed by atoms with E-state index in [0.717, 1.165) is 6.07 Å². The van der Waals surface area contributed by atoms with Crippen LogP contribution in [0.4, 0.5) is 13.2 Å². The number of carbonyl (C=O) groups excluding carboxylic acids is 1. The number of alkyl halides is 3. The van der Waals surface area contributed by atoms with Crippen molar-refractivity contribution in [1.29, 1.82) is 0 Å². The van der Waals surface area contributed by atoms with Crippen LogP contribution in [-0.4, -0.2) is 22.2 Å². The molecule has 1 aliphatic carbocycles. The lowest BCUT2D eigenvalue weighted by molar-refractivity contribution is -0.163. The Morgan fingerprint density at radius 1 is 1.44 bits per heavy atom. The van der Waals surface area contributed by atoms with E-state index in [1.165, 1.54) is 23.9 Å². The first-order chi connectivity index (χ1) is 8.25. The third-order valence-electron chi connectivity index (χ3n) is 3.01. The van der Waals surface area contributed by atoms with Crippen molar-refractivity contribution >= 4 is 5.91 Å². The molecule has 2 rings (SSSR count). The lowest BCUT2D eigenvalue weighted by atomic mass is 10.2. The van der Waals surface area contributed by atoms with Crippen LogP contribution < -0.4 is 10.9 Å². The van der Waals surface area contributed by atoms with Crippen LogP contribution in [0.1, 0.15) is 23.2 Å². The Bertz CT molecular complexity index is 544. The minimum absolute atomic E-state index is 0.0615. The largest absolute Gasteiger partial charge is 0.411 e. The molecule has 1 aromatic rings. The third kappa shape index (κ3) is 2.12. The Kier molecular flexibility index (Phi) is 2.71. The molecule has 1 aliphatic rings. The van der Waals surface area contributed by atoms with Gasteiger partial charge in [0.25, 0.3) is 11.5 Å². The summed E-state index contributed by atoms with van der Waals surface area (Å²) in [5.41, 5.74) is -2.61. The SMILES string of the molecule is Cn1ccc(C(=O)NC2(C(F)(F)F)CC2)cc1=O. The molecule has 1 amide bonds. The number of nitrogens with one attached hydrogen (secondary N) is 1. The van der Waals surface area contributed by atoms with Gasteiger partial charge in [0.2, 0.25) is 0 Å². The van der Waals surface area contributed by atoms with Gasteiger partial charge in [-0.2, -0.15) is 13.2 Å². The second kappa shape index (κ2) is 3.86. The molecule has 4 nitrogen and oxygen atoms in total. The Hall–Kier alpha value is -1.79. The van der Waals surface area contributed by atoms with Gasteiger partial charge in [0.05, 0.1) is 0 Å². The zero-order valence-corrected chi connectivity index (χ0v) is 9.54. The number of hydrogen-bond acceptors (Lipinski definition) is 2. The van der Waals surface area contributed by atoms with E-state index in [1.54, 1.807) is 0 Å². The molecule has 98 valence electrons. The Balaban J connectivity index is 2.18. The highest BCUT2D eigenvalue weighted by Crippen LogP contribution is 2.48. The molecule has 0 atom stereocenters. The zero-order chi connectivity index (χ0) is 13.6. The number of aromatic nitrogens is 1. The van der Waals surface area contributed by atoms with E-state index in [4.69, 9.17) is 0 Å². The average Bonchev–Trinajstić information content (AvgIpc) is 3.02. The van der Waals surface area contributed by atoms with E-state index in [1.807, 2.05) is 5.32 Å². The van der Waals surface area contributed by atoms with Crippen molar-refractivity contribution in [3.05, 3.63) is 34.2 Å². The van der Waals surface area contributed by atoms with Gasteiger partial charge in [0.1, 0.15) is 5.54 Å². The summed E-state index contributed by atoms with van der Waals surface area (Å²) in [7, 11) is 1.49. The van der Waals surface area contributed by atoms with Gasteiger partial charge in [-0.05, 0) is 18.9 Å². The second-order valence-electron chi connectivity index (χ2n) is 4.40. The van der Waals surface area contributed by atoms with E-state index in [2.05, 4.69) is 0 Å². The molecule has 1 saturated carbocycles. The molecular weight excluding hydrogens is 249 g/mol. The molecule has 0 saturated heterocycles. The number of halogens is 3. The fourth-order valence-corrected chi connectivity index (χ4v) is 1.58. The first-order valence-corrected chi connectivity index (χ1v) is 5.31. The normalized spacial score (nSPS) is 17.3. The molecule has 1 fully saturated rings. The highest BCUT2D eigenvalue weighted by molar-refractivity contribution is 5.94. The predicted molar refractivity (Wildman–Crippen MR) is 57.2 cm³/mol. The van der Waals surface area contributed by atoms with E-state index < -0.39 is 23.2 Å². The van der Waals surface area contributed by atoms with Gasteiger partial charge in [0, 0.05) is 24.9 Å². The monoisotopic (exact) mass is 260 g/mol. The number of aryl methyl sites for hydroxylation is 1. The molecule has 0 aromatic carbocycles. The number of nitrogens with zero attached hydrogens (tertiary/aromatic N) is 1. The molecule has 0 unspecified atom stereocenters. The standard InChI is InChI=1S/C11H11F3N2O2/c1-16-5-2-7(6-8(16)17)9(18)15-10(3-4-10)11(12,13)14/h2,5-6H,3-4H2,1H3,(H,15,18). The molecular formula is C11H11F3N2O2. The van der Waals surface area contributed by atoms with Crippen LogP contribution in [0, 0.1) is 0 Å². The zero-order valence-electron chi connectivity index (χ0n) is 9.54. The average molecular weight is 260 g/mol. The summed E-state index contributed by atoms with van der Waals surface area (Å²) in [6.45, 7) is 0. The summed E-state index contributed by atoms with van der Waals surface area (Å²) in [4.78, 5) is 22.9. The van der Waals surface area contributed by atoms with Crippen LogP contribution in [0.5, 0.6) is 0 Å². The quantitative estimate of drug-likeness (QED) is 0.869. The topological polar surface area (TPSA) is 51.1 Å². The minimum Gasteiger partial charge on any atom is -0.338 e. The number of carbonyl (C=O) groups is 1. The summed E-state index contributed by atoms with van der Waals surface area (Å²) in [6.07, 6.45) is -3.35. The van der Waals surface area contributed by atoms with Crippen LogP contribution in [0.25, 0.3) is 0 Å². The molecule has 0 aliphatic heterocycles. The van der Waals surface area contributed by atoms with Crippen LogP contribution in [0.15, 0.2) is 23.1 Å². The van der Waals surface area contributed by atoms with Crippen molar-refractivity contribution in [2.45, 2.75) is 24.6 Å². The van der Waals surface area contributed by atoms with Crippen molar-refractivity contribution in [2.75, 3.05) is 0 Å². The van der Waals surface area contributed by atoms with Crippen LogP contribution in [0.3, 0.4) is 0 Å². The maximum absolute atomic E-state index is 12.6. The molecule has 1 heterocycles. The van der Waals surface area contributed by atoms with Crippen molar-refractivity contribution in [3.8, 4) is 0 Å². The Morgan fingerprint density at radius 3 is 2.50 bits per heavy atom. The number of pyridine rings is 1. The summed E-state index contributed by atoms with van der Waals surface area (Å²) in [6, 6.07) is 2.32. The summed E-state index contributed by atoms with van der Waals surface area (Å²) in [5, 5.41) is 1.96. The van der Waals surface area contributed by atoms with Gasteiger partial charge < -0.3 is 9.88 Å². The van der Waals surface area contributed by atoms with E-state index >= 15 is 0 Å². The molecule has 0 bridgehead atoms. The van der Waals surface area contributed by atoms with E-state index in [-0.39, 0.29) is 18.4 Å². The maximum atomic E-state index is 12.6. The van der Waals surface area contributed by atoms with Gasteiger partial charge >= 0.3 is 6.18 Å². The van der Waals surface area contributed by atoms with Crippen LogP contribution in [-0.2, 0) is 7.05 Å². The molecule has 1 N–H and O–H groups in total. The number of rotatable bonds is 2. The molecule has 18 heavy (non-hydrogen) atoms. The van der Waals surface area contributed by atoms with Crippen molar-refractivity contribution < 1.29 is 18.0 Å². The lowest BCUT2D eigenvalue weighted by Crippen LogP contribution is -2.48. The molecule has 0 radical (unpaired) electrons. The van der Waals surface area contributed by atoms with E-state index in [0.29, 0.717) is 0 Å². The van der Waals surface area contributed by atoms with Gasteiger partial charge in [0.15, 0.2) is 0 Å². The molecule has 0 spiro atoms. The van der Waals surface area contributed by atoms with Crippen molar-refractivity contribution in [3.63, 3.8) is 0 Å². The smallest absolute Gasteiger partial charge is 0.338 e. The summed E-state index contributed by atoms with van der Waals surface area (Å²) >= 11 is 0. The predicted octanol–water partition coefficient (Wildman–Crippen LogP) is 1.21. The fraction of sp³-hybridized carbons (Fsp3) is 0.455. The summed E-state index contributed by atoms with van der Waals surface area (Å²) in [5.74, 6) is -0.873. The van der Waals surface area contributed by atoms with Crippen LogP contribution in [0.2, 0.25) is 0 Å². The van der Waals surface area contributed by atoms with Crippen molar-refractivity contribution in [1.82, 2.24) is 9.88 Å². The first kappa shape index (κ1) is 12.7. The maximum Gasteiger partial charge on any atom is 0.411 e. The highest BCUT2D eigenvalue weighted by atomic mass is 19.4. The molecule has 1 aromatic heterocycles. The minimum atomic E-state index is -4.46. The number of hydrogen-bond donors (Lipinski definition) is 1. The third-order valence-corrected chi connectivity index (χ3v) is 3.01. The Labute approximate surface area is 100 Å². The highest BCUT2D eigenvalue weighted by Gasteiger charge is 2.64. The lowest BCUT2D eigenvalue weighted by Gasteiger charge is -2.20. The van der Waals surface area contributed by atoms with E-state index in [9.17, 15) is 22.8 Å². The van der Waals surface area contributed by atoms with Gasteiger partial charge in [-0.3, -0.25) is 9.59 Å². The fourth-order valence-electron chi connectivity index (χ4n) is 1.58. The van der Waals surface area contributed by atoms with Crippen LogP contribution >= 0.6 is 0 Å². The Morgan fingerprint density at radius 2 is 2.06 bits per heavy atom. The van der Waals surface area contributed by atoms with Gasteiger partial charge in [-0.1, -0.05) is 0 Å². The summed E-state index contributed by atoms with van der Waals surface area (Å²) < 4.78 is 39.1. The van der Waals surface area contributed by atoms with Crippen molar-refractivity contribution in [2.24, 2.45) is 7.05 Å². The number of amides is 1. The van der Waals surface area contributed by atoms with Gasteiger partial charge in [-0.25, -0.2) is 0 Å². The second-order valence-corrected chi connectivity index (χ2v) is 4.40. The van der Waals surface area contributed by atoms with Gasteiger partial charge in [-0.15, -0.1) is 0 Å². The first-order valence-electron chi connectivity index (χ1n) is 5.31. The molecule has 7 heteroatoms.